The van der Waals surface area contributed by atoms with E-state index in [-0.39, 0.29) is 18.0 Å². The molecular formula is C16H15N3O4. The topological polar surface area (TPSA) is 94.3 Å². The number of hydrogen-bond acceptors (Lipinski definition) is 7. The fourth-order valence-corrected chi connectivity index (χ4v) is 1.95. The number of ether oxygens (including phenoxy) is 3. The molecule has 2 rings (SSSR count). The SMILES string of the molecule is CCOC(=O)c1nc(-c2ccc(OC)c(OC)c2)cnc1C#N. The first-order chi connectivity index (χ1) is 11.1. The third-order valence-corrected chi connectivity index (χ3v) is 3.03. The lowest BCUT2D eigenvalue weighted by Gasteiger charge is -2.10. The summed E-state index contributed by atoms with van der Waals surface area (Å²) in [5, 5.41) is 9.05. The number of nitriles is 1. The molecule has 23 heavy (non-hydrogen) atoms. The van der Waals surface area contributed by atoms with Gasteiger partial charge in [-0.2, -0.15) is 5.26 Å². The summed E-state index contributed by atoms with van der Waals surface area (Å²) in [5.41, 5.74) is 0.910. The van der Waals surface area contributed by atoms with E-state index < -0.39 is 5.97 Å². The second-order valence-corrected chi connectivity index (χ2v) is 4.35. The van der Waals surface area contributed by atoms with Crippen molar-refractivity contribution < 1.29 is 19.0 Å². The first-order valence-corrected chi connectivity index (χ1v) is 6.81. The van der Waals surface area contributed by atoms with Gasteiger partial charge in [-0.05, 0) is 25.1 Å². The van der Waals surface area contributed by atoms with E-state index in [2.05, 4.69) is 9.97 Å². The molecule has 0 atom stereocenters. The Morgan fingerprint density at radius 2 is 2.00 bits per heavy atom. The number of carbonyl (C=O) groups is 1. The van der Waals surface area contributed by atoms with Crippen LogP contribution in [0.15, 0.2) is 24.4 Å². The zero-order chi connectivity index (χ0) is 16.8. The zero-order valence-electron chi connectivity index (χ0n) is 13.0. The van der Waals surface area contributed by atoms with Gasteiger partial charge in [0.05, 0.1) is 32.7 Å². The summed E-state index contributed by atoms with van der Waals surface area (Å²) >= 11 is 0. The summed E-state index contributed by atoms with van der Waals surface area (Å²) in [7, 11) is 3.06. The van der Waals surface area contributed by atoms with Crippen LogP contribution < -0.4 is 9.47 Å². The van der Waals surface area contributed by atoms with Crippen molar-refractivity contribution in [1.29, 1.82) is 5.26 Å². The van der Waals surface area contributed by atoms with Gasteiger partial charge in [0.15, 0.2) is 22.9 Å². The molecular weight excluding hydrogens is 298 g/mol. The number of nitrogens with zero attached hydrogens (tertiary/aromatic N) is 3. The zero-order valence-corrected chi connectivity index (χ0v) is 13.0. The summed E-state index contributed by atoms with van der Waals surface area (Å²) in [6, 6.07) is 7.02. The molecule has 0 bridgehead atoms. The average molecular weight is 313 g/mol. The van der Waals surface area contributed by atoms with Gasteiger partial charge in [0.1, 0.15) is 6.07 Å². The van der Waals surface area contributed by atoms with Crippen molar-refractivity contribution in [3.63, 3.8) is 0 Å². The molecule has 1 heterocycles. The number of hydrogen-bond donors (Lipinski definition) is 0. The highest BCUT2D eigenvalue weighted by Crippen LogP contribution is 2.31. The van der Waals surface area contributed by atoms with Crippen LogP contribution >= 0.6 is 0 Å². The number of rotatable bonds is 5. The molecule has 1 aromatic carbocycles. The highest BCUT2D eigenvalue weighted by Gasteiger charge is 2.18. The minimum atomic E-state index is -0.682. The molecule has 7 nitrogen and oxygen atoms in total. The van der Waals surface area contributed by atoms with Gasteiger partial charge >= 0.3 is 5.97 Å². The van der Waals surface area contributed by atoms with Crippen molar-refractivity contribution in [3.05, 3.63) is 35.8 Å². The highest BCUT2D eigenvalue weighted by atomic mass is 16.5. The molecule has 0 fully saturated rings. The van der Waals surface area contributed by atoms with Crippen LogP contribution in [0.25, 0.3) is 11.3 Å². The first-order valence-electron chi connectivity index (χ1n) is 6.81. The number of carbonyl (C=O) groups excluding carboxylic acids is 1. The van der Waals surface area contributed by atoms with Crippen molar-refractivity contribution in [1.82, 2.24) is 9.97 Å². The lowest BCUT2D eigenvalue weighted by atomic mass is 10.1. The minimum absolute atomic E-state index is 0.0762. The Morgan fingerprint density at radius 3 is 2.61 bits per heavy atom. The molecule has 118 valence electrons. The Bertz CT molecular complexity index is 768. The number of esters is 1. The molecule has 0 spiro atoms. The molecule has 2 aromatic rings. The molecule has 0 N–H and O–H groups in total. The van der Waals surface area contributed by atoms with Gasteiger partial charge in [0, 0.05) is 5.56 Å². The van der Waals surface area contributed by atoms with Gasteiger partial charge in [-0.15, -0.1) is 0 Å². The van der Waals surface area contributed by atoms with Crippen molar-refractivity contribution >= 4 is 5.97 Å². The van der Waals surface area contributed by atoms with Gasteiger partial charge < -0.3 is 14.2 Å². The Morgan fingerprint density at radius 1 is 1.26 bits per heavy atom. The quantitative estimate of drug-likeness (QED) is 0.781. The summed E-state index contributed by atoms with van der Waals surface area (Å²) in [5.74, 6) is 0.413. The Labute approximate surface area is 133 Å². The van der Waals surface area contributed by atoms with Crippen LogP contribution in [-0.2, 0) is 4.74 Å². The first kappa shape index (κ1) is 16.2. The van der Waals surface area contributed by atoms with Crippen LogP contribution in [-0.4, -0.2) is 36.8 Å². The molecule has 0 saturated heterocycles. The predicted molar refractivity (Wildman–Crippen MR) is 81.2 cm³/mol. The average Bonchev–Trinajstić information content (AvgIpc) is 2.60. The molecule has 0 amide bonds. The maximum Gasteiger partial charge on any atom is 0.359 e. The van der Waals surface area contributed by atoms with Gasteiger partial charge in [0.2, 0.25) is 0 Å². The van der Waals surface area contributed by atoms with Crippen LogP contribution in [0.2, 0.25) is 0 Å². The third-order valence-electron chi connectivity index (χ3n) is 3.03. The Hall–Kier alpha value is -3.14. The molecule has 0 radical (unpaired) electrons. The summed E-state index contributed by atoms with van der Waals surface area (Å²) in [6.07, 6.45) is 1.42. The van der Waals surface area contributed by atoms with E-state index in [1.807, 2.05) is 6.07 Å². The summed E-state index contributed by atoms with van der Waals surface area (Å²) in [4.78, 5) is 20.1. The second-order valence-electron chi connectivity index (χ2n) is 4.35. The standard InChI is InChI=1S/C16H15N3O4/c1-4-23-16(20)15-11(8-17)18-9-12(19-15)10-5-6-13(21-2)14(7-10)22-3/h5-7,9H,4H2,1-3H3. The van der Waals surface area contributed by atoms with E-state index in [1.54, 1.807) is 25.1 Å². The molecule has 0 saturated carbocycles. The lowest BCUT2D eigenvalue weighted by molar-refractivity contribution is 0.0518. The van der Waals surface area contributed by atoms with Crippen LogP contribution in [0, 0.1) is 11.3 Å². The smallest absolute Gasteiger partial charge is 0.359 e. The fraction of sp³-hybridized carbons (Fsp3) is 0.250. The number of benzene rings is 1. The normalized spacial score (nSPS) is 9.83. The molecule has 0 aliphatic rings. The van der Waals surface area contributed by atoms with Gasteiger partial charge in [-0.1, -0.05) is 0 Å². The minimum Gasteiger partial charge on any atom is -0.493 e. The Kier molecular flexibility index (Phi) is 5.10. The fourth-order valence-electron chi connectivity index (χ4n) is 1.95. The highest BCUT2D eigenvalue weighted by molar-refractivity contribution is 5.90. The maximum absolute atomic E-state index is 11.9. The van der Waals surface area contributed by atoms with Crippen molar-refractivity contribution in [2.24, 2.45) is 0 Å². The molecule has 7 heteroatoms. The maximum atomic E-state index is 11.9. The van der Waals surface area contributed by atoms with Crippen molar-refractivity contribution in [2.75, 3.05) is 20.8 Å². The van der Waals surface area contributed by atoms with Crippen LogP contribution in [0.4, 0.5) is 0 Å². The number of methoxy groups -OCH3 is 2. The van der Waals surface area contributed by atoms with Gasteiger partial charge in [0.25, 0.3) is 0 Å². The molecule has 0 unspecified atom stereocenters. The van der Waals surface area contributed by atoms with E-state index in [4.69, 9.17) is 19.5 Å². The second kappa shape index (κ2) is 7.22. The Balaban J connectivity index is 2.50. The van der Waals surface area contributed by atoms with E-state index >= 15 is 0 Å². The summed E-state index contributed by atoms with van der Waals surface area (Å²) < 4.78 is 15.3. The predicted octanol–water partition coefficient (Wildman–Crippen LogP) is 2.21. The van der Waals surface area contributed by atoms with E-state index in [1.165, 1.54) is 20.4 Å². The monoisotopic (exact) mass is 313 g/mol. The van der Waals surface area contributed by atoms with E-state index in [0.717, 1.165) is 0 Å². The summed E-state index contributed by atoms with van der Waals surface area (Å²) in [6.45, 7) is 1.86. The van der Waals surface area contributed by atoms with Crippen molar-refractivity contribution in [2.45, 2.75) is 6.92 Å². The van der Waals surface area contributed by atoms with Gasteiger partial charge in [-0.3, -0.25) is 0 Å². The third kappa shape index (κ3) is 3.37. The van der Waals surface area contributed by atoms with Crippen molar-refractivity contribution in [3.8, 4) is 28.8 Å². The van der Waals surface area contributed by atoms with Crippen LogP contribution in [0.3, 0.4) is 0 Å². The van der Waals surface area contributed by atoms with Crippen LogP contribution in [0.1, 0.15) is 23.1 Å². The van der Waals surface area contributed by atoms with Gasteiger partial charge in [-0.25, -0.2) is 14.8 Å². The molecule has 1 aromatic heterocycles. The van der Waals surface area contributed by atoms with E-state index in [0.29, 0.717) is 22.8 Å². The number of aromatic nitrogens is 2. The van der Waals surface area contributed by atoms with Crippen LogP contribution in [0.5, 0.6) is 11.5 Å². The molecule has 0 aliphatic carbocycles. The largest absolute Gasteiger partial charge is 0.493 e. The lowest BCUT2D eigenvalue weighted by Crippen LogP contribution is -2.11. The van der Waals surface area contributed by atoms with E-state index in [9.17, 15) is 4.79 Å². The molecule has 0 aliphatic heterocycles.